The normalized spacial score (nSPS) is 33.5. The van der Waals surface area contributed by atoms with Gasteiger partial charge in [0.05, 0.1) is 17.6 Å². The number of piperidine rings is 2. The predicted molar refractivity (Wildman–Crippen MR) is 113 cm³/mol. The third-order valence-electron chi connectivity index (χ3n) is 7.46. The van der Waals surface area contributed by atoms with Crippen LogP contribution in [0.5, 0.6) is 5.75 Å². The smallest absolute Gasteiger partial charge is 0.230 e. The number of H-pyrrole nitrogens is 1. The molecule has 1 aromatic heterocycles. The van der Waals surface area contributed by atoms with E-state index < -0.39 is 17.3 Å². The van der Waals surface area contributed by atoms with Crippen LogP contribution < -0.4 is 4.74 Å². The quantitative estimate of drug-likeness (QED) is 0.775. The van der Waals surface area contributed by atoms with E-state index in [0.717, 1.165) is 19.3 Å². The number of fused-ring (bicyclic) bond motifs is 1. The van der Waals surface area contributed by atoms with Crippen molar-refractivity contribution in [1.82, 2.24) is 9.88 Å². The highest BCUT2D eigenvalue weighted by Crippen LogP contribution is 2.58. The van der Waals surface area contributed by atoms with E-state index >= 15 is 4.39 Å². The molecule has 3 atom stereocenters. The van der Waals surface area contributed by atoms with Gasteiger partial charge in [0, 0.05) is 29.2 Å². The Morgan fingerprint density at radius 2 is 1.90 bits per heavy atom. The van der Waals surface area contributed by atoms with Crippen LogP contribution in [0, 0.1) is 11.2 Å². The molecular weight excluding hydrogens is 383 g/mol. The number of aromatic nitrogens is 1. The van der Waals surface area contributed by atoms with E-state index in [-0.39, 0.29) is 35.3 Å². The highest BCUT2D eigenvalue weighted by atomic mass is 19.1. The number of carbonyl (C=O) groups is 1. The molecule has 2 saturated carbocycles. The summed E-state index contributed by atoms with van der Waals surface area (Å²) in [5, 5.41) is 11.4. The Morgan fingerprint density at radius 3 is 2.50 bits per heavy atom. The lowest BCUT2D eigenvalue weighted by Crippen LogP contribution is -2.68. The van der Waals surface area contributed by atoms with Crippen LogP contribution in [0.1, 0.15) is 71.3 Å². The molecule has 6 rings (SSSR count). The van der Waals surface area contributed by atoms with Gasteiger partial charge in [0.15, 0.2) is 11.6 Å². The van der Waals surface area contributed by atoms with Crippen LogP contribution in [0.25, 0.3) is 10.9 Å². The molecular formula is C24H31FN2O3. The number of rotatable bonds is 4. The summed E-state index contributed by atoms with van der Waals surface area (Å²) >= 11 is 0. The number of ether oxygens (including phenoxy) is 1. The Kier molecular flexibility index (Phi) is 4.27. The first kappa shape index (κ1) is 19.9. The number of halogens is 1. The largest absolute Gasteiger partial charge is 0.488 e. The number of aliphatic hydroxyl groups is 1. The zero-order valence-electron chi connectivity index (χ0n) is 18.2. The maximum Gasteiger partial charge on any atom is 0.230 e. The maximum absolute atomic E-state index is 15.3. The fourth-order valence-electron chi connectivity index (χ4n) is 6.69. The van der Waals surface area contributed by atoms with Gasteiger partial charge >= 0.3 is 0 Å². The number of amides is 1. The first-order chi connectivity index (χ1) is 14.1. The number of benzene rings is 1. The second-order valence-corrected chi connectivity index (χ2v) is 10.5. The summed E-state index contributed by atoms with van der Waals surface area (Å²) in [6.07, 6.45) is 5.67. The molecule has 5 nitrogen and oxygen atoms in total. The van der Waals surface area contributed by atoms with E-state index in [4.69, 9.17) is 4.74 Å². The van der Waals surface area contributed by atoms with Gasteiger partial charge in [0.1, 0.15) is 0 Å². The average molecular weight is 415 g/mol. The summed E-state index contributed by atoms with van der Waals surface area (Å²) in [6, 6.07) is 3.58. The Morgan fingerprint density at radius 1 is 1.23 bits per heavy atom. The Bertz CT molecular complexity index is 977. The molecule has 2 aliphatic carbocycles. The minimum Gasteiger partial charge on any atom is -0.488 e. The van der Waals surface area contributed by atoms with Crippen molar-refractivity contribution in [2.45, 2.75) is 89.5 Å². The molecule has 0 spiro atoms. The summed E-state index contributed by atoms with van der Waals surface area (Å²) < 4.78 is 20.9. The Hall–Kier alpha value is -2.08. The molecule has 1 amide bonds. The molecule has 3 unspecified atom stereocenters. The van der Waals surface area contributed by atoms with Gasteiger partial charge in [-0.3, -0.25) is 4.79 Å². The molecule has 3 heterocycles. The van der Waals surface area contributed by atoms with Crippen molar-refractivity contribution in [1.29, 1.82) is 0 Å². The highest BCUT2D eigenvalue weighted by Gasteiger charge is 2.59. The molecule has 0 radical (unpaired) electrons. The summed E-state index contributed by atoms with van der Waals surface area (Å²) in [4.78, 5) is 18.8. The molecule has 4 aliphatic rings. The standard InChI is InChI=1S/C24H31FN2O3/c1-13(2)30-19-6-5-18-20(21(19)25)17(11-26-18)14(3)22(28)27-15-7-23(4)8-16(27)10-24(29,9-15)12-23/h5-6,11,13-16,26,29H,7-10,12H2,1-4H3. The topological polar surface area (TPSA) is 65.6 Å². The lowest BCUT2D eigenvalue weighted by atomic mass is 9.54. The van der Waals surface area contributed by atoms with E-state index in [1.807, 2.05) is 25.7 Å². The molecule has 2 aliphatic heterocycles. The lowest BCUT2D eigenvalue weighted by molar-refractivity contribution is -0.193. The third kappa shape index (κ3) is 2.95. The zero-order valence-corrected chi connectivity index (χ0v) is 18.2. The van der Waals surface area contributed by atoms with Gasteiger partial charge in [0.2, 0.25) is 5.91 Å². The second-order valence-electron chi connectivity index (χ2n) is 10.5. The number of nitrogens with one attached hydrogen (secondary N) is 1. The van der Waals surface area contributed by atoms with Gasteiger partial charge in [-0.2, -0.15) is 0 Å². The lowest BCUT2D eigenvalue weighted by Gasteiger charge is -2.64. The van der Waals surface area contributed by atoms with Gasteiger partial charge < -0.3 is 19.7 Å². The average Bonchev–Trinajstić information content (AvgIpc) is 3.05. The number of carbonyl (C=O) groups excluding carboxylic acids is 1. The van der Waals surface area contributed by atoms with Crippen LogP contribution in [-0.4, -0.2) is 44.7 Å². The molecule has 30 heavy (non-hydrogen) atoms. The van der Waals surface area contributed by atoms with Crippen LogP contribution in [0.4, 0.5) is 4.39 Å². The van der Waals surface area contributed by atoms with E-state index in [9.17, 15) is 9.90 Å². The van der Waals surface area contributed by atoms with Crippen molar-refractivity contribution in [2.24, 2.45) is 5.41 Å². The molecule has 6 heteroatoms. The molecule has 4 fully saturated rings. The van der Waals surface area contributed by atoms with Crippen molar-refractivity contribution in [3.05, 3.63) is 29.7 Å². The SMILES string of the molecule is CC(C)Oc1ccc2[nH]cc(C(C)C(=O)N3C4CC5(C)CC3CC(O)(C4)C5)c2c1F. The highest BCUT2D eigenvalue weighted by molar-refractivity contribution is 5.93. The summed E-state index contributed by atoms with van der Waals surface area (Å²) in [5.74, 6) is -0.643. The van der Waals surface area contributed by atoms with E-state index in [0.29, 0.717) is 29.3 Å². The van der Waals surface area contributed by atoms with Gasteiger partial charge in [-0.05, 0) is 76.0 Å². The van der Waals surface area contributed by atoms with Crippen molar-refractivity contribution in [2.75, 3.05) is 0 Å². The van der Waals surface area contributed by atoms with Gasteiger partial charge in [0.25, 0.3) is 0 Å². The van der Waals surface area contributed by atoms with Gasteiger partial charge in [-0.1, -0.05) is 6.92 Å². The van der Waals surface area contributed by atoms with E-state index in [2.05, 4.69) is 11.9 Å². The minimum atomic E-state index is -0.628. The summed E-state index contributed by atoms with van der Waals surface area (Å²) in [6.45, 7) is 7.83. The molecule has 1 aromatic carbocycles. The van der Waals surface area contributed by atoms with Crippen molar-refractivity contribution < 1.29 is 19.0 Å². The first-order valence-corrected chi connectivity index (χ1v) is 11.1. The summed E-state index contributed by atoms with van der Waals surface area (Å²) in [7, 11) is 0. The van der Waals surface area contributed by atoms with Crippen LogP contribution in [0.3, 0.4) is 0 Å². The first-order valence-electron chi connectivity index (χ1n) is 11.1. The molecule has 2 saturated heterocycles. The number of aromatic amines is 1. The molecule has 4 bridgehead atoms. The predicted octanol–water partition coefficient (Wildman–Crippen LogP) is 4.49. The van der Waals surface area contributed by atoms with Crippen LogP contribution in [0.2, 0.25) is 0 Å². The van der Waals surface area contributed by atoms with Crippen molar-refractivity contribution in [3.8, 4) is 5.75 Å². The number of nitrogens with zero attached hydrogens (tertiary/aromatic N) is 1. The molecule has 2 N–H and O–H groups in total. The van der Waals surface area contributed by atoms with E-state index in [1.165, 1.54) is 0 Å². The van der Waals surface area contributed by atoms with Gasteiger partial charge in [-0.25, -0.2) is 4.39 Å². The Balaban J connectivity index is 1.47. The third-order valence-corrected chi connectivity index (χ3v) is 7.46. The molecule has 2 aromatic rings. The molecule has 162 valence electrons. The maximum atomic E-state index is 15.3. The number of hydrogen-bond donors (Lipinski definition) is 2. The second kappa shape index (κ2) is 6.46. The fraction of sp³-hybridized carbons (Fsp3) is 0.625. The Labute approximate surface area is 176 Å². The van der Waals surface area contributed by atoms with Crippen molar-refractivity contribution in [3.63, 3.8) is 0 Å². The van der Waals surface area contributed by atoms with Crippen LogP contribution >= 0.6 is 0 Å². The van der Waals surface area contributed by atoms with Gasteiger partial charge in [-0.15, -0.1) is 0 Å². The number of hydrogen-bond acceptors (Lipinski definition) is 3. The minimum absolute atomic E-state index is 0.0338. The van der Waals surface area contributed by atoms with Crippen LogP contribution in [0.15, 0.2) is 18.3 Å². The fourth-order valence-corrected chi connectivity index (χ4v) is 6.69. The van der Waals surface area contributed by atoms with E-state index in [1.54, 1.807) is 18.3 Å². The monoisotopic (exact) mass is 414 g/mol. The van der Waals surface area contributed by atoms with Crippen LogP contribution in [-0.2, 0) is 4.79 Å². The summed E-state index contributed by atoms with van der Waals surface area (Å²) in [5.41, 5.74) is 0.827. The zero-order chi connectivity index (χ0) is 21.4. The van der Waals surface area contributed by atoms with Crippen molar-refractivity contribution >= 4 is 16.8 Å².